The van der Waals surface area contributed by atoms with E-state index in [0.717, 1.165) is 29.3 Å². The van der Waals surface area contributed by atoms with Gasteiger partial charge in [0.05, 0.1) is 0 Å². The Hall–Kier alpha value is -2.89. The van der Waals surface area contributed by atoms with E-state index in [9.17, 15) is 4.79 Å². The summed E-state index contributed by atoms with van der Waals surface area (Å²) in [6.07, 6.45) is 4.54. The number of nitrogens with one attached hydrogen (secondary N) is 1. The third-order valence-electron chi connectivity index (χ3n) is 3.56. The van der Waals surface area contributed by atoms with Crippen LogP contribution in [0, 0.1) is 5.92 Å². The lowest BCUT2D eigenvalue weighted by Gasteiger charge is -2.06. The van der Waals surface area contributed by atoms with E-state index in [1.807, 2.05) is 29.0 Å². The number of rotatable bonds is 5. The highest BCUT2D eigenvalue weighted by Gasteiger charge is 2.12. The standard InChI is InChI=1S/C17H19N5O/c1-11(2)9-13-10-15(21-20-13)17-19-7-8-22(17)14-5-3-12(4-6-14)16(18)23/h3-8,10-11H,9H2,1-2H3,(H2,18,23)(H,20,21). The van der Waals surface area contributed by atoms with Crippen molar-refractivity contribution >= 4 is 5.91 Å². The van der Waals surface area contributed by atoms with Crippen molar-refractivity contribution in [2.45, 2.75) is 20.3 Å². The summed E-state index contributed by atoms with van der Waals surface area (Å²) in [6, 6.07) is 9.11. The molecule has 6 nitrogen and oxygen atoms in total. The maximum absolute atomic E-state index is 11.2. The molecular formula is C17H19N5O. The third-order valence-corrected chi connectivity index (χ3v) is 3.56. The van der Waals surface area contributed by atoms with Gasteiger partial charge in [-0.15, -0.1) is 0 Å². The predicted octanol–water partition coefficient (Wildman–Crippen LogP) is 2.56. The van der Waals surface area contributed by atoms with Gasteiger partial charge in [-0.2, -0.15) is 5.10 Å². The van der Waals surface area contributed by atoms with Crippen molar-refractivity contribution in [3.63, 3.8) is 0 Å². The van der Waals surface area contributed by atoms with Gasteiger partial charge in [0, 0.05) is 29.3 Å². The van der Waals surface area contributed by atoms with Gasteiger partial charge in [0.25, 0.3) is 0 Å². The number of nitrogens with two attached hydrogens (primary N) is 1. The van der Waals surface area contributed by atoms with Crippen molar-refractivity contribution in [1.82, 2.24) is 19.7 Å². The van der Waals surface area contributed by atoms with Crippen molar-refractivity contribution in [3.05, 3.63) is 54.0 Å². The minimum absolute atomic E-state index is 0.437. The number of hydrogen-bond acceptors (Lipinski definition) is 3. The van der Waals surface area contributed by atoms with Gasteiger partial charge in [0.15, 0.2) is 5.82 Å². The zero-order valence-electron chi connectivity index (χ0n) is 13.2. The lowest BCUT2D eigenvalue weighted by molar-refractivity contribution is 0.100. The highest BCUT2D eigenvalue weighted by Crippen LogP contribution is 2.21. The number of aromatic amines is 1. The van der Waals surface area contributed by atoms with E-state index < -0.39 is 5.91 Å². The fourth-order valence-corrected chi connectivity index (χ4v) is 2.51. The first-order valence-corrected chi connectivity index (χ1v) is 7.53. The summed E-state index contributed by atoms with van der Waals surface area (Å²) in [5.41, 5.74) is 8.54. The number of imidazole rings is 1. The normalized spacial score (nSPS) is 11.1. The lowest BCUT2D eigenvalue weighted by Crippen LogP contribution is -2.10. The van der Waals surface area contributed by atoms with Crippen LogP contribution in [0.2, 0.25) is 0 Å². The van der Waals surface area contributed by atoms with Crippen LogP contribution in [-0.2, 0) is 6.42 Å². The third kappa shape index (κ3) is 3.15. The van der Waals surface area contributed by atoms with E-state index in [2.05, 4.69) is 29.0 Å². The van der Waals surface area contributed by atoms with Gasteiger partial charge in [-0.1, -0.05) is 13.8 Å². The van der Waals surface area contributed by atoms with E-state index in [4.69, 9.17) is 5.73 Å². The highest BCUT2D eigenvalue weighted by atomic mass is 16.1. The van der Waals surface area contributed by atoms with Crippen molar-refractivity contribution in [1.29, 1.82) is 0 Å². The molecule has 1 amide bonds. The molecule has 23 heavy (non-hydrogen) atoms. The molecule has 3 N–H and O–H groups in total. The Bertz CT molecular complexity index is 814. The topological polar surface area (TPSA) is 89.6 Å². The lowest BCUT2D eigenvalue weighted by atomic mass is 10.1. The molecule has 1 aromatic carbocycles. The Morgan fingerprint density at radius 3 is 2.70 bits per heavy atom. The number of primary amides is 1. The van der Waals surface area contributed by atoms with Crippen LogP contribution >= 0.6 is 0 Å². The maximum Gasteiger partial charge on any atom is 0.248 e. The predicted molar refractivity (Wildman–Crippen MR) is 88.2 cm³/mol. The molecule has 0 radical (unpaired) electrons. The second kappa shape index (κ2) is 6.08. The molecule has 0 unspecified atom stereocenters. The summed E-state index contributed by atoms with van der Waals surface area (Å²) in [4.78, 5) is 15.6. The minimum atomic E-state index is -0.437. The van der Waals surface area contributed by atoms with Crippen LogP contribution in [0.25, 0.3) is 17.2 Å². The summed E-state index contributed by atoms with van der Waals surface area (Å²) in [6.45, 7) is 4.34. The molecule has 2 heterocycles. The van der Waals surface area contributed by atoms with Gasteiger partial charge in [0.1, 0.15) is 5.69 Å². The first-order valence-electron chi connectivity index (χ1n) is 7.53. The molecule has 0 spiro atoms. The largest absolute Gasteiger partial charge is 0.366 e. The van der Waals surface area contributed by atoms with Gasteiger partial charge in [-0.05, 0) is 42.7 Å². The molecule has 0 aliphatic rings. The van der Waals surface area contributed by atoms with Crippen molar-refractivity contribution in [2.24, 2.45) is 11.7 Å². The fourth-order valence-electron chi connectivity index (χ4n) is 2.51. The fraction of sp³-hybridized carbons (Fsp3) is 0.235. The quantitative estimate of drug-likeness (QED) is 0.759. The second-order valence-corrected chi connectivity index (χ2v) is 5.91. The van der Waals surface area contributed by atoms with E-state index in [0.29, 0.717) is 11.5 Å². The van der Waals surface area contributed by atoms with E-state index in [1.54, 1.807) is 18.3 Å². The summed E-state index contributed by atoms with van der Waals surface area (Å²) in [5, 5.41) is 7.42. The molecule has 0 fully saturated rings. The van der Waals surface area contributed by atoms with Crippen LogP contribution in [0.5, 0.6) is 0 Å². The Morgan fingerprint density at radius 2 is 2.04 bits per heavy atom. The Labute approximate surface area is 134 Å². The number of hydrogen-bond donors (Lipinski definition) is 2. The van der Waals surface area contributed by atoms with Crippen LogP contribution in [0.3, 0.4) is 0 Å². The molecule has 0 saturated carbocycles. The van der Waals surface area contributed by atoms with E-state index >= 15 is 0 Å². The summed E-state index contributed by atoms with van der Waals surface area (Å²) >= 11 is 0. The van der Waals surface area contributed by atoms with Gasteiger partial charge >= 0.3 is 0 Å². The van der Waals surface area contributed by atoms with Crippen molar-refractivity contribution in [3.8, 4) is 17.2 Å². The molecule has 3 rings (SSSR count). The molecule has 0 atom stereocenters. The number of aromatic nitrogens is 4. The molecule has 0 saturated heterocycles. The molecule has 0 bridgehead atoms. The van der Waals surface area contributed by atoms with Gasteiger partial charge in [-0.3, -0.25) is 14.5 Å². The Kier molecular flexibility index (Phi) is 3.97. The average Bonchev–Trinajstić information content (AvgIpc) is 3.15. The SMILES string of the molecule is CC(C)Cc1cc(-c2nccn2-c2ccc(C(N)=O)cc2)n[nH]1. The number of benzene rings is 1. The summed E-state index contributed by atoms with van der Waals surface area (Å²) < 4.78 is 1.93. The number of H-pyrrole nitrogens is 1. The zero-order chi connectivity index (χ0) is 16.4. The van der Waals surface area contributed by atoms with Crippen LogP contribution in [-0.4, -0.2) is 25.7 Å². The monoisotopic (exact) mass is 309 g/mol. The molecule has 0 aliphatic carbocycles. The number of amides is 1. The number of nitrogens with zero attached hydrogens (tertiary/aromatic N) is 3. The van der Waals surface area contributed by atoms with E-state index in [-0.39, 0.29) is 0 Å². The van der Waals surface area contributed by atoms with Crippen LogP contribution in [0.1, 0.15) is 29.9 Å². The Balaban J connectivity index is 1.93. The first kappa shape index (κ1) is 15.0. The summed E-state index contributed by atoms with van der Waals surface area (Å²) in [7, 11) is 0. The number of carbonyl (C=O) groups is 1. The number of carbonyl (C=O) groups excluding carboxylic acids is 1. The molecule has 3 aromatic rings. The van der Waals surface area contributed by atoms with Gasteiger partial charge in [-0.25, -0.2) is 4.98 Å². The average molecular weight is 309 g/mol. The molecule has 118 valence electrons. The molecule has 6 heteroatoms. The van der Waals surface area contributed by atoms with Crippen LogP contribution in [0.15, 0.2) is 42.7 Å². The molecular weight excluding hydrogens is 290 g/mol. The smallest absolute Gasteiger partial charge is 0.248 e. The summed E-state index contributed by atoms with van der Waals surface area (Å²) in [5.74, 6) is 0.875. The highest BCUT2D eigenvalue weighted by molar-refractivity contribution is 5.92. The zero-order valence-corrected chi connectivity index (χ0v) is 13.2. The minimum Gasteiger partial charge on any atom is -0.366 e. The van der Waals surface area contributed by atoms with Gasteiger partial charge in [0.2, 0.25) is 5.91 Å². The van der Waals surface area contributed by atoms with Crippen molar-refractivity contribution in [2.75, 3.05) is 0 Å². The Morgan fingerprint density at radius 1 is 1.30 bits per heavy atom. The maximum atomic E-state index is 11.2. The first-order chi connectivity index (χ1) is 11.0. The molecule has 0 aliphatic heterocycles. The van der Waals surface area contributed by atoms with Gasteiger partial charge < -0.3 is 5.73 Å². The van der Waals surface area contributed by atoms with Crippen LogP contribution in [0.4, 0.5) is 0 Å². The molecule has 2 aromatic heterocycles. The van der Waals surface area contributed by atoms with E-state index in [1.165, 1.54) is 0 Å². The van der Waals surface area contributed by atoms with Crippen LogP contribution < -0.4 is 5.73 Å². The second-order valence-electron chi connectivity index (χ2n) is 5.91. The van der Waals surface area contributed by atoms with Crippen molar-refractivity contribution < 1.29 is 4.79 Å².